The smallest absolute Gasteiger partial charge is 0.167 e. The molecule has 37 heavy (non-hydrogen) atoms. The molecule has 0 spiro atoms. The fourth-order valence-corrected chi connectivity index (χ4v) is 4.94. The summed E-state index contributed by atoms with van der Waals surface area (Å²) in [6.45, 7) is 2.00. The number of Topliss-reactive ketones (excluding diaryl/α,β-unsaturated/α-hetero) is 1. The van der Waals surface area contributed by atoms with Crippen LogP contribution in [0.15, 0.2) is 78.8 Å². The molecular weight excluding hydrogens is 480 g/mol. The zero-order chi connectivity index (χ0) is 25.4. The first-order valence-electron chi connectivity index (χ1n) is 11.7. The lowest BCUT2D eigenvalue weighted by molar-refractivity contribution is 0.0993. The molecule has 0 atom stereocenters. The van der Waals surface area contributed by atoms with Gasteiger partial charge in [-0.25, -0.2) is 9.97 Å². The summed E-state index contributed by atoms with van der Waals surface area (Å²) in [5, 5.41) is 7.56. The third-order valence-electron chi connectivity index (χ3n) is 6.16. The number of benzene rings is 2. The molecule has 0 amide bonds. The van der Waals surface area contributed by atoms with Gasteiger partial charge in [0.2, 0.25) is 0 Å². The van der Waals surface area contributed by atoms with E-state index in [0.717, 1.165) is 49.6 Å². The number of imidazole rings is 1. The quantitative estimate of drug-likeness (QED) is 0.247. The number of rotatable bonds is 5. The van der Waals surface area contributed by atoms with Crippen molar-refractivity contribution in [3.8, 4) is 11.8 Å². The summed E-state index contributed by atoms with van der Waals surface area (Å²) in [6.07, 6.45) is 7.71. The topological polar surface area (TPSA) is 77.1 Å². The van der Waals surface area contributed by atoms with Gasteiger partial charge in [-0.3, -0.25) is 13.9 Å². The first kappa shape index (κ1) is 22.7. The van der Waals surface area contributed by atoms with Gasteiger partial charge in [0.25, 0.3) is 0 Å². The number of ketones is 1. The van der Waals surface area contributed by atoms with E-state index in [2.05, 4.69) is 32.2 Å². The minimum atomic E-state index is 0.0628. The number of anilines is 2. The molecule has 0 aliphatic rings. The summed E-state index contributed by atoms with van der Waals surface area (Å²) < 4.78 is 4.78. The number of thiazole rings is 1. The molecule has 0 fully saturated rings. The van der Waals surface area contributed by atoms with Gasteiger partial charge in [0.1, 0.15) is 5.69 Å². The molecule has 0 aliphatic heterocycles. The number of pyridine rings is 1. The van der Waals surface area contributed by atoms with Crippen molar-refractivity contribution >= 4 is 44.4 Å². The maximum absolute atomic E-state index is 13.1. The first-order chi connectivity index (χ1) is 18.0. The largest absolute Gasteiger partial charge is 0.350 e. The molecule has 1 N–H and O–H groups in total. The monoisotopic (exact) mass is 502 g/mol. The van der Waals surface area contributed by atoms with E-state index < -0.39 is 0 Å². The van der Waals surface area contributed by atoms with E-state index >= 15 is 0 Å². The Labute approximate surface area is 217 Å². The molecule has 4 aromatic heterocycles. The van der Waals surface area contributed by atoms with Gasteiger partial charge in [-0.05, 0) is 54.3 Å². The van der Waals surface area contributed by atoms with Crippen molar-refractivity contribution in [3.63, 3.8) is 0 Å². The maximum atomic E-state index is 13.1. The minimum absolute atomic E-state index is 0.0628. The van der Waals surface area contributed by atoms with Crippen LogP contribution in [0.5, 0.6) is 0 Å². The van der Waals surface area contributed by atoms with Gasteiger partial charge in [-0.2, -0.15) is 5.10 Å². The third-order valence-corrected chi connectivity index (χ3v) is 6.96. The highest BCUT2D eigenvalue weighted by Gasteiger charge is 2.11. The summed E-state index contributed by atoms with van der Waals surface area (Å²) in [5.74, 6) is 6.56. The molecule has 8 heteroatoms. The van der Waals surface area contributed by atoms with E-state index in [1.807, 2.05) is 84.8 Å². The van der Waals surface area contributed by atoms with Crippen molar-refractivity contribution in [2.24, 2.45) is 7.05 Å². The Morgan fingerprint density at radius 3 is 2.86 bits per heavy atom. The minimum Gasteiger partial charge on any atom is -0.350 e. The van der Waals surface area contributed by atoms with E-state index in [0.29, 0.717) is 12.0 Å². The molecule has 0 bridgehead atoms. The molecule has 0 radical (unpaired) electrons. The average Bonchev–Trinajstić information content (AvgIpc) is 3.63. The van der Waals surface area contributed by atoms with Crippen molar-refractivity contribution in [1.82, 2.24) is 24.1 Å². The molecule has 0 unspecified atom stereocenters. The second kappa shape index (κ2) is 9.37. The number of nitrogens with one attached hydrogen (secondary N) is 1. The van der Waals surface area contributed by atoms with Crippen molar-refractivity contribution in [3.05, 3.63) is 107 Å². The van der Waals surface area contributed by atoms with Crippen LogP contribution in [0.1, 0.15) is 32.7 Å². The maximum Gasteiger partial charge on any atom is 0.167 e. The van der Waals surface area contributed by atoms with Crippen LogP contribution in [0, 0.1) is 18.8 Å². The molecule has 0 saturated heterocycles. The van der Waals surface area contributed by atoms with Gasteiger partial charge in [0, 0.05) is 37.0 Å². The van der Waals surface area contributed by atoms with E-state index in [4.69, 9.17) is 0 Å². The number of carbonyl (C=O) groups excluding carboxylic acids is 1. The van der Waals surface area contributed by atoms with Gasteiger partial charge in [0.15, 0.2) is 11.4 Å². The number of hydrogen-bond acceptors (Lipinski definition) is 6. The van der Waals surface area contributed by atoms with Gasteiger partial charge >= 0.3 is 0 Å². The Bertz CT molecular complexity index is 1850. The highest BCUT2D eigenvalue weighted by atomic mass is 32.1. The molecule has 4 heterocycles. The second-order valence-electron chi connectivity index (χ2n) is 8.82. The lowest BCUT2D eigenvalue weighted by Crippen LogP contribution is -2.04. The predicted molar refractivity (Wildman–Crippen MR) is 146 cm³/mol. The Morgan fingerprint density at radius 1 is 1.08 bits per heavy atom. The number of nitrogens with zero attached hydrogens (tertiary/aromatic N) is 5. The SMILES string of the molecule is Cc1ccc(C(=O)Cc2ccc3ncsc3c2)cc1C#Cc1cnc2c(Nc3cnn(C)c3)cccn12. The van der Waals surface area contributed by atoms with Crippen molar-refractivity contribution < 1.29 is 4.79 Å². The molecule has 2 aromatic carbocycles. The van der Waals surface area contributed by atoms with Crippen LogP contribution in [-0.2, 0) is 13.5 Å². The Kier molecular flexibility index (Phi) is 5.75. The number of carbonyl (C=O) groups is 1. The van der Waals surface area contributed by atoms with Crippen LogP contribution in [-0.4, -0.2) is 29.9 Å². The van der Waals surface area contributed by atoms with Crippen LogP contribution in [0.25, 0.3) is 15.9 Å². The first-order valence-corrected chi connectivity index (χ1v) is 12.6. The summed E-state index contributed by atoms with van der Waals surface area (Å²) in [4.78, 5) is 21.9. The fraction of sp³-hybridized carbons (Fsp3) is 0.103. The molecular formula is C29H22N6OS. The predicted octanol–water partition coefficient (Wildman–Crippen LogP) is 5.55. The highest BCUT2D eigenvalue weighted by Crippen LogP contribution is 2.22. The summed E-state index contributed by atoms with van der Waals surface area (Å²) >= 11 is 1.58. The molecule has 0 saturated carbocycles. The Balaban J connectivity index is 1.26. The molecule has 7 nitrogen and oxygen atoms in total. The molecule has 180 valence electrons. The van der Waals surface area contributed by atoms with E-state index in [1.54, 1.807) is 28.4 Å². The zero-order valence-electron chi connectivity index (χ0n) is 20.3. The summed E-state index contributed by atoms with van der Waals surface area (Å²) in [6, 6.07) is 15.6. The molecule has 6 aromatic rings. The fourth-order valence-electron chi connectivity index (χ4n) is 4.20. The standard InChI is InChI=1S/C29H22N6OS/c1-19-5-7-22(27(36)12-20-6-10-25-28(13-20)37-18-31-25)14-21(19)8-9-24-16-30-29-26(4-3-11-35(24)29)33-23-15-32-34(2)17-23/h3-7,10-11,13-18,33H,12H2,1-2H3. The Hall–Kier alpha value is -4.74. The highest BCUT2D eigenvalue weighted by molar-refractivity contribution is 7.16. The van der Waals surface area contributed by atoms with Gasteiger partial charge < -0.3 is 5.32 Å². The lowest BCUT2D eigenvalue weighted by atomic mass is 9.99. The van der Waals surface area contributed by atoms with Crippen LogP contribution in [0.4, 0.5) is 11.4 Å². The van der Waals surface area contributed by atoms with Crippen LogP contribution >= 0.6 is 11.3 Å². The third kappa shape index (κ3) is 4.60. The normalized spacial score (nSPS) is 11.0. The Morgan fingerprint density at radius 2 is 2.00 bits per heavy atom. The number of fused-ring (bicyclic) bond motifs is 2. The van der Waals surface area contributed by atoms with Crippen LogP contribution in [0.2, 0.25) is 0 Å². The van der Waals surface area contributed by atoms with E-state index in [-0.39, 0.29) is 5.78 Å². The zero-order valence-corrected chi connectivity index (χ0v) is 21.1. The van der Waals surface area contributed by atoms with Gasteiger partial charge in [-0.15, -0.1) is 11.3 Å². The van der Waals surface area contributed by atoms with E-state index in [9.17, 15) is 4.79 Å². The number of aryl methyl sites for hydroxylation is 2. The average molecular weight is 503 g/mol. The summed E-state index contributed by atoms with van der Waals surface area (Å²) in [7, 11) is 1.88. The number of aromatic nitrogens is 5. The van der Waals surface area contributed by atoms with Crippen molar-refractivity contribution in [1.29, 1.82) is 0 Å². The number of hydrogen-bond donors (Lipinski definition) is 1. The van der Waals surface area contributed by atoms with Crippen LogP contribution < -0.4 is 5.32 Å². The van der Waals surface area contributed by atoms with Crippen molar-refractivity contribution in [2.45, 2.75) is 13.3 Å². The van der Waals surface area contributed by atoms with Crippen molar-refractivity contribution in [2.75, 3.05) is 5.32 Å². The molecule has 6 rings (SSSR count). The molecule has 0 aliphatic carbocycles. The van der Waals surface area contributed by atoms with E-state index in [1.165, 1.54) is 0 Å². The second-order valence-corrected chi connectivity index (χ2v) is 9.71. The summed E-state index contributed by atoms with van der Waals surface area (Å²) in [5.41, 5.74) is 9.54. The van der Waals surface area contributed by atoms with Crippen LogP contribution in [0.3, 0.4) is 0 Å². The van der Waals surface area contributed by atoms with Gasteiger partial charge in [0.05, 0.1) is 39.5 Å². The lowest BCUT2D eigenvalue weighted by Gasteiger charge is -2.06. The van der Waals surface area contributed by atoms with Gasteiger partial charge in [-0.1, -0.05) is 24.1 Å².